The van der Waals surface area contributed by atoms with E-state index in [1.807, 2.05) is 62.4 Å². The third-order valence-electron chi connectivity index (χ3n) is 4.34. The number of nitrogens with one attached hydrogen (secondary N) is 2. The Bertz CT molecular complexity index is 998. The van der Waals surface area contributed by atoms with Gasteiger partial charge in [-0.2, -0.15) is 0 Å². The molecule has 0 spiro atoms. The average molecular weight is 429 g/mol. The molecule has 1 amide bonds. The third kappa shape index (κ3) is 5.89. The summed E-state index contributed by atoms with van der Waals surface area (Å²) in [5, 5.41) is 6.88. The van der Waals surface area contributed by atoms with Crippen molar-refractivity contribution in [1.29, 1.82) is 0 Å². The van der Waals surface area contributed by atoms with Gasteiger partial charge < -0.3 is 15.4 Å². The first-order valence-corrected chi connectivity index (χ1v) is 9.94. The fourth-order valence-electron chi connectivity index (χ4n) is 2.88. The van der Waals surface area contributed by atoms with Gasteiger partial charge in [-0.3, -0.25) is 4.79 Å². The molecule has 0 bridgehead atoms. The molecule has 6 heteroatoms. The van der Waals surface area contributed by atoms with Crippen molar-refractivity contribution < 1.29 is 9.53 Å². The molecule has 0 heterocycles. The summed E-state index contributed by atoms with van der Waals surface area (Å²) < 4.78 is 5.57. The Morgan fingerprint density at radius 3 is 2.38 bits per heavy atom. The molecule has 0 aromatic heterocycles. The van der Waals surface area contributed by atoms with Crippen LogP contribution in [0.1, 0.15) is 16.7 Å². The lowest BCUT2D eigenvalue weighted by molar-refractivity contribution is -0.118. The molecule has 0 aliphatic carbocycles. The molecule has 3 aromatic carbocycles. The van der Waals surface area contributed by atoms with E-state index in [1.165, 1.54) is 0 Å². The molecular formula is C23H22Cl2N2O2. The quantitative estimate of drug-likeness (QED) is 0.468. The number of anilines is 2. The normalized spacial score (nSPS) is 10.5. The second-order valence-corrected chi connectivity index (χ2v) is 7.58. The number of para-hydroxylation sites is 1. The summed E-state index contributed by atoms with van der Waals surface area (Å²) >= 11 is 12.7. The molecule has 0 aliphatic heterocycles. The Balaban J connectivity index is 1.60. The summed E-state index contributed by atoms with van der Waals surface area (Å²) in [7, 11) is 0. The second-order valence-electron chi connectivity index (χ2n) is 6.76. The lowest BCUT2D eigenvalue weighted by atomic mass is 10.1. The van der Waals surface area contributed by atoms with Crippen LogP contribution in [0.5, 0.6) is 5.75 Å². The van der Waals surface area contributed by atoms with E-state index in [-0.39, 0.29) is 12.5 Å². The van der Waals surface area contributed by atoms with Crippen molar-refractivity contribution in [1.82, 2.24) is 0 Å². The summed E-state index contributed by atoms with van der Waals surface area (Å²) in [4.78, 5) is 12.1. The summed E-state index contributed by atoms with van der Waals surface area (Å²) in [5.74, 6) is 0.0143. The maximum Gasteiger partial charge on any atom is 0.262 e. The van der Waals surface area contributed by atoms with E-state index in [2.05, 4.69) is 10.6 Å². The molecule has 29 heavy (non-hydrogen) atoms. The van der Waals surface area contributed by atoms with E-state index >= 15 is 0 Å². The Hall–Kier alpha value is -2.69. The van der Waals surface area contributed by atoms with Crippen LogP contribution in [-0.4, -0.2) is 12.5 Å². The van der Waals surface area contributed by atoms with Crippen LogP contribution in [0.3, 0.4) is 0 Å². The molecule has 0 saturated carbocycles. The molecular weight excluding hydrogens is 407 g/mol. The van der Waals surface area contributed by atoms with Gasteiger partial charge in [-0.15, -0.1) is 0 Å². The highest BCUT2D eigenvalue weighted by atomic mass is 35.5. The van der Waals surface area contributed by atoms with E-state index < -0.39 is 0 Å². The van der Waals surface area contributed by atoms with Gasteiger partial charge in [0.1, 0.15) is 0 Å². The van der Waals surface area contributed by atoms with Crippen molar-refractivity contribution in [2.24, 2.45) is 0 Å². The minimum absolute atomic E-state index is 0.186. The number of halogens is 2. The molecule has 0 fully saturated rings. The van der Waals surface area contributed by atoms with E-state index in [0.717, 1.165) is 22.4 Å². The van der Waals surface area contributed by atoms with Crippen molar-refractivity contribution in [2.45, 2.75) is 20.4 Å². The van der Waals surface area contributed by atoms with Crippen molar-refractivity contribution in [3.8, 4) is 5.75 Å². The minimum Gasteiger partial charge on any atom is -0.481 e. The summed E-state index contributed by atoms with van der Waals surface area (Å²) in [6.07, 6.45) is 0. The summed E-state index contributed by atoms with van der Waals surface area (Å²) in [6.45, 7) is 4.38. The Morgan fingerprint density at radius 1 is 0.966 bits per heavy atom. The summed E-state index contributed by atoms with van der Waals surface area (Å²) in [5.41, 5.74) is 4.90. The van der Waals surface area contributed by atoms with E-state index in [1.54, 1.807) is 12.1 Å². The lowest BCUT2D eigenvalue weighted by Gasteiger charge is -2.14. The maximum absolute atomic E-state index is 12.1. The van der Waals surface area contributed by atoms with Gasteiger partial charge in [-0.1, -0.05) is 53.5 Å². The zero-order chi connectivity index (χ0) is 20.8. The topological polar surface area (TPSA) is 50.4 Å². The standard InChI is InChI=1S/C23H22Cl2N2O2/c1-15-6-5-8-18(10-15)27-22(28)14-29-23-19(24)11-17(12-20(23)25)13-26-21-9-4-3-7-16(21)2/h3-12,26H,13-14H2,1-2H3,(H,27,28). The first-order chi connectivity index (χ1) is 13.9. The average Bonchev–Trinajstić information content (AvgIpc) is 2.66. The monoisotopic (exact) mass is 428 g/mol. The number of carbonyl (C=O) groups is 1. The van der Waals surface area contributed by atoms with Crippen LogP contribution < -0.4 is 15.4 Å². The molecule has 0 atom stereocenters. The van der Waals surface area contributed by atoms with Crippen LogP contribution >= 0.6 is 23.2 Å². The molecule has 0 unspecified atom stereocenters. The fraction of sp³-hybridized carbons (Fsp3) is 0.174. The zero-order valence-electron chi connectivity index (χ0n) is 16.3. The zero-order valence-corrected chi connectivity index (χ0v) is 17.8. The number of rotatable bonds is 7. The van der Waals surface area contributed by atoms with Gasteiger partial charge in [-0.05, 0) is 60.9 Å². The van der Waals surface area contributed by atoms with Crippen molar-refractivity contribution in [2.75, 3.05) is 17.2 Å². The van der Waals surface area contributed by atoms with Gasteiger partial charge in [0.05, 0.1) is 10.0 Å². The van der Waals surface area contributed by atoms with Crippen LogP contribution in [0.4, 0.5) is 11.4 Å². The Morgan fingerprint density at radius 2 is 1.69 bits per heavy atom. The number of amides is 1. The van der Waals surface area contributed by atoms with Gasteiger partial charge in [0.2, 0.25) is 0 Å². The molecule has 2 N–H and O–H groups in total. The van der Waals surface area contributed by atoms with Crippen molar-refractivity contribution in [3.63, 3.8) is 0 Å². The smallest absolute Gasteiger partial charge is 0.262 e. The first kappa shape index (κ1) is 21.0. The third-order valence-corrected chi connectivity index (χ3v) is 4.90. The van der Waals surface area contributed by atoms with Crippen LogP contribution in [0.25, 0.3) is 0 Å². The summed E-state index contributed by atoms with van der Waals surface area (Å²) in [6, 6.07) is 19.1. The van der Waals surface area contributed by atoms with Gasteiger partial charge in [0, 0.05) is 17.9 Å². The molecule has 0 aliphatic rings. The van der Waals surface area contributed by atoms with E-state index in [0.29, 0.717) is 28.0 Å². The highest BCUT2D eigenvalue weighted by Crippen LogP contribution is 2.34. The highest BCUT2D eigenvalue weighted by Gasteiger charge is 2.12. The number of hydrogen-bond acceptors (Lipinski definition) is 3. The fourth-order valence-corrected chi connectivity index (χ4v) is 3.52. The number of carbonyl (C=O) groups excluding carboxylic acids is 1. The van der Waals surface area contributed by atoms with Crippen molar-refractivity contribution in [3.05, 3.63) is 87.4 Å². The predicted octanol–water partition coefficient (Wildman–Crippen LogP) is 6.24. The molecule has 0 saturated heterocycles. The minimum atomic E-state index is -0.284. The van der Waals surface area contributed by atoms with E-state index in [9.17, 15) is 4.79 Å². The van der Waals surface area contributed by atoms with Gasteiger partial charge in [-0.25, -0.2) is 0 Å². The largest absolute Gasteiger partial charge is 0.481 e. The second kappa shape index (κ2) is 9.68. The van der Waals surface area contributed by atoms with Crippen LogP contribution in [-0.2, 0) is 11.3 Å². The molecule has 3 rings (SSSR count). The number of hydrogen-bond donors (Lipinski definition) is 2. The highest BCUT2D eigenvalue weighted by molar-refractivity contribution is 6.37. The Labute approximate surface area is 180 Å². The van der Waals surface area contributed by atoms with Gasteiger partial charge in [0.25, 0.3) is 5.91 Å². The van der Waals surface area contributed by atoms with Crippen molar-refractivity contribution >= 4 is 40.5 Å². The maximum atomic E-state index is 12.1. The molecule has 4 nitrogen and oxygen atoms in total. The Kier molecular flexibility index (Phi) is 7.02. The number of ether oxygens (including phenoxy) is 1. The van der Waals surface area contributed by atoms with Gasteiger partial charge in [0.15, 0.2) is 12.4 Å². The number of aryl methyl sites for hydroxylation is 2. The first-order valence-electron chi connectivity index (χ1n) is 9.19. The predicted molar refractivity (Wildman–Crippen MR) is 120 cm³/mol. The van der Waals surface area contributed by atoms with Crippen LogP contribution in [0.15, 0.2) is 60.7 Å². The number of benzene rings is 3. The van der Waals surface area contributed by atoms with Gasteiger partial charge >= 0.3 is 0 Å². The SMILES string of the molecule is Cc1cccc(NC(=O)COc2c(Cl)cc(CNc3ccccc3C)cc2Cl)c1. The molecule has 0 radical (unpaired) electrons. The molecule has 3 aromatic rings. The molecule has 150 valence electrons. The van der Waals surface area contributed by atoms with Crippen LogP contribution in [0.2, 0.25) is 10.0 Å². The van der Waals surface area contributed by atoms with Crippen LogP contribution in [0, 0.1) is 13.8 Å². The lowest BCUT2D eigenvalue weighted by Crippen LogP contribution is -2.20. The van der Waals surface area contributed by atoms with E-state index in [4.69, 9.17) is 27.9 Å².